The van der Waals surface area contributed by atoms with Crippen LogP contribution in [0.15, 0.2) is 60.7 Å². The molecule has 1 atom stereocenters. The fourth-order valence-corrected chi connectivity index (χ4v) is 3.07. The van der Waals surface area contributed by atoms with Crippen LogP contribution >= 0.6 is 0 Å². The number of carbonyl (C=O) groups is 2. The van der Waals surface area contributed by atoms with E-state index in [1.165, 1.54) is 0 Å². The molecule has 1 saturated heterocycles. The number of benzene rings is 2. The molecule has 28 heavy (non-hydrogen) atoms. The van der Waals surface area contributed by atoms with E-state index >= 15 is 0 Å². The molecule has 1 aliphatic rings. The SMILES string of the molecule is O=C(CCCOc1ccccc1)N[C@H](C(=O)N1CCOCC1)c1ccccc1. The normalized spacial score (nSPS) is 14.9. The molecule has 0 spiro atoms. The van der Waals surface area contributed by atoms with Crippen molar-refractivity contribution in [2.24, 2.45) is 0 Å². The van der Waals surface area contributed by atoms with Gasteiger partial charge in [-0.05, 0) is 24.1 Å². The Bertz CT molecular complexity index is 746. The van der Waals surface area contributed by atoms with Gasteiger partial charge >= 0.3 is 0 Å². The van der Waals surface area contributed by atoms with Crippen LogP contribution in [0.5, 0.6) is 5.75 Å². The van der Waals surface area contributed by atoms with Gasteiger partial charge in [0.2, 0.25) is 11.8 Å². The molecule has 0 saturated carbocycles. The van der Waals surface area contributed by atoms with Crippen molar-refractivity contribution in [2.75, 3.05) is 32.9 Å². The molecule has 1 aliphatic heterocycles. The lowest BCUT2D eigenvalue weighted by Crippen LogP contribution is -2.47. The van der Waals surface area contributed by atoms with Gasteiger partial charge in [0.25, 0.3) is 0 Å². The van der Waals surface area contributed by atoms with Gasteiger partial charge in [0.15, 0.2) is 0 Å². The maximum Gasteiger partial charge on any atom is 0.249 e. The van der Waals surface area contributed by atoms with Crippen LogP contribution in [-0.4, -0.2) is 49.6 Å². The highest BCUT2D eigenvalue weighted by Crippen LogP contribution is 2.17. The van der Waals surface area contributed by atoms with E-state index in [0.29, 0.717) is 45.8 Å². The van der Waals surface area contributed by atoms with Crippen molar-refractivity contribution in [1.29, 1.82) is 0 Å². The molecule has 2 amide bonds. The summed E-state index contributed by atoms with van der Waals surface area (Å²) in [5.41, 5.74) is 0.785. The van der Waals surface area contributed by atoms with Gasteiger partial charge in [0.1, 0.15) is 11.8 Å². The molecule has 1 N–H and O–H groups in total. The number of para-hydroxylation sites is 1. The molecule has 148 valence electrons. The maximum absolute atomic E-state index is 13.0. The second kappa shape index (κ2) is 10.5. The van der Waals surface area contributed by atoms with Crippen LogP contribution in [0.2, 0.25) is 0 Å². The van der Waals surface area contributed by atoms with Gasteiger partial charge in [-0.3, -0.25) is 9.59 Å². The van der Waals surface area contributed by atoms with E-state index in [-0.39, 0.29) is 11.8 Å². The summed E-state index contributed by atoms with van der Waals surface area (Å²) in [6.07, 6.45) is 0.876. The van der Waals surface area contributed by atoms with Crippen LogP contribution < -0.4 is 10.1 Å². The van der Waals surface area contributed by atoms with E-state index in [0.717, 1.165) is 11.3 Å². The van der Waals surface area contributed by atoms with E-state index in [4.69, 9.17) is 9.47 Å². The highest BCUT2D eigenvalue weighted by molar-refractivity contribution is 5.88. The number of carbonyl (C=O) groups excluding carboxylic acids is 2. The van der Waals surface area contributed by atoms with Gasteiger partial charge in [-0.25, -0.2) is 0 Å². The molecular weight excluding hydrogens is 356 g/mol. The van der Waals surface area contributed by atoms with E-state index in [1.54, 1.807) is 4.90 Å². The van der Waals surface area contributed by atoms with Crippen LogP contribution in [0, 0.1) is 0 Å². The predicted octanol–water partition coefficient (Wildman–Crippen LogP) is 2.56. The van der Waals surface area contributed by atoms with Gasteiger partial charge in [-0.15, -0.1) is 0 Å². The highest BCUT2D eigenvalue weighted by Gasteiger charge is 2.28. The van der Waals surface area contributed by atoms with Gasteiger partial charge in [-0.1, -0.05) is 48.5 Å². The number of ether oxygens (including phenoxy) is 2. The predicted molar refractivity (Wildman–Crippen MR) is 106 cm³/mol. The summed E-state index contributed by atoms with van der Waals surface area (Å²) in [5.74, 6) is 0.531. The Balaban J connectivity index is 1.54. The van der Waals surface area contributed by atoms with Crippen molar-refractivity contribution in [3.05, 3.63) is 66.2 Å². The van der Waals surface area contributed by atoms with E-state index in [9.17, 15) is 9.59 Å². The molecule has 3 rings (SSSR count). The molecule has 0 bridgehead atoms. The second-order valence-corrected chi connectivity index (χ2v) is 6.61. The van der Waals surface area contributed by atoms with Crippen LogP contribution in [0.4, 0.5) is 0 Å². The van der Waals surface area contributed by atoms with Gasteiger partial charge in [-0.2, -0.15) is 0 Å². The van der Waals surface area contributed by atoms with Crippen LogP contribution in [0.3, 0.4) is 0 Å². The molecule has 0 aliphatic carbocycles. The number of morpholine rings is 1. The summed E-state index contributed by atoms with van der Waals surface area (Å²) in [7, 11) is 0. The molecule has 2 aromatic carbocycles. The Morgan fingerprint density at radius 2 is 1.64 bits per heavy atom. The molecule has 1 heterocycles. The van der Waals surface area contributed by atoms with Gasteiger partial charge in [0, 0.05) is 19.5 Å². The van der Waals surface area contributed by atoms with Crippen LogP contribution in [0.25, 0.3) is 0 Å². The third kappa shape index (κ3) is 5.82. The molecule has 6 heteroatoms. The number of hydrogen-bond acceptors (Lipinski definition) is 4. The molecule has 0 unspecified atom stereocenters. The summed E-state index contributed by atoms with van der Waals surface area (Å²) in [4.78, 5) is 27.2. The minimum atomic E-state index is -0.679. The lowest BCUT2D eigenvalue weighted by atomic mass is 10.0. The first-order valence-electron chi connectivity index (χ1n) is 9.63. The lowest BCUT2D eigenvalue weighted by Gasteiger charge is -2.31. The summed E-state index contributed by atoms with van der Waals surface area (Å²) >= 11 is 0. The molecular formula is C22H26N2O4. The lowest BCUT2D eigenvalue weighted by molar-refractivity contribution is -0.140. The Labute approximate surface area is 165 Å². The zero-order valence-electron chi connectivity index (χ0n) is 15.9. The largest absolute Gasteiger partial charge is 0.494 e. The van der Waals surface area contributed by atoms with Crippen molar-refractivity contribution in [3.63, 3.8) is 0 Å². The van der Waals surface area contributed by atoms with Gasteiger partial charge in [0.05, 0.1) is 19.8 Å². The topological polar surface area (TPSA) is 67.9 Å². The summed E-state index contributed by atoms with van der Waals surface area (Å²) < 4.78 is 10.9. The quantitative estimate of drug-likeness (QED) is 0.713. The van der Waals surface area contributed by atoms with Crippen molar-refractivity contribution >= 4 is 11.8 Å². The van der Waals surface area contributed by atoms with Crippen molar-refractivity contribution < 1.29 is 19.1 Å². The van der Waals surface area contributed by atoms with E-state index in [2.05, 4.69) is 5.32 Å². The fourth-order valence-electron chi connectivity index (χ4n) is 3.07. The zero-order chi connectivity index (χ0) is 19.6. The molecule has 2 aromatic rings. The molecule has 6 nitrogen and oxygen atoms in total. The second-order valence-electron chi connectivity index (χ2n) is 6.61. The molecule has 1 fully saturated rings. The number of nitrogens with zero attached hydrogens (tertiary/aromatic N) is 1. The first-order chi connectivity index (χ1) is 13.7. The van der Waals surface area contributed by atoms with E-state index < -0.39 is 6.04 Å². The van der Waals surface area contributed by atoms with Crippen LogP contribution in [0.1, 0.15) is 24.4 Å². The number of hydrogen-bond donors (Lipinski definition) is 1. The minimum absolute atomic E-state index is 0.0941. The molecule has 0 radical (unpaired) electrons. The van der Waals surface area contributed by atoms with Crippen molar-refractivity contribution in [1.82, 2.24) is 10.2 Å². The average molecular weight is 382 g/mol. The molecule has 0 aromatic heterocycles. The van der Waals surface area contributed by atoms with Gasteiger partial charge < -0.3 is 19.7 Å². The average Bonchev–Trinajstić information content (AvgIpc) is 2.76. The summed E-state index contributed by atoms with van der Waals surface area (Å²) in [6, 6.07) is 18.2. The Hall–Kier alpha value is -2.86. The smallest absolute Gasteiger partial charge is 0.249 e. The number of rotatable bonds is 8. The van der Waals surface area contributed by atoms with Crippen LogP contribution in [-0.2, 0) is 14.3 Å². The number of nitrogens with one attached hydrogen (secondary N) is 1. The number of amides is 2. The van der Waals surface area contributed by atoms with E-state index in [1.807, 2.05) is 60.7 Å². The zero-order valence-corrected chi connectivity index (χ0v) is 15.9. The maximum atomic E-state index is 13.0. The summed E-state index contributed by atoms with van der Waals surface area (Å²) in [5, 5.41) is 2.90. The first-order valence-corrected chi connectivity index (χ1v) is 9.63. The monoisotopic (exact) mass is 382 g/mol. The Morgan fingerprint density at radius 3 is 2.32 bits per heavy atom. The third-order valence-electron chi connectivity index (χ3n) is 4.57. The van der Waals surface area contributed by atoms with Crippen molar-refractivity contribution in [2.45, 2.75) is 18.9 Å². The van der Waals surface area contributed by atoms with Crippen molar-refractivity contribution in [3.8, 4) is 5.75 Å². The summed E-state index contributed by atoms with van der Waals surface area (Å²) in [6.45, 7) is 2.59. The first kappa shape index (κ1) is 19.9. The Kier molecular flexibility index (Phi) is 7.44. The standard InChI is InChI=1S/C22H26N2O4/c25-20(12-7-15-28-19-10-5-2-6-11-19)23-21(18-8-3-1-4-9-18)22(26)24-13-16-27-17-14-24/h1-6,8-11,21H,7,12-17H2,(H,23,25)/t21-/m0/s1. The minimum Gasteiger partial charge on any atom is -0.494 e. The Morgan fingerprint density at radius 1 is 1.00 bits per heavy atom. The highest BCUT2D eigenvalue weighted by atomic mass is 16.5. The third-order valence-corrected chi connectivity index (χ3v) is 4.57. The fraction of sp³-hybridized carbons (Fsp3) is 0.364.